The lowest BCUT2D eigenvalue weighted by Gasteiger charge is -2.42. The summed E-state index contributed by atoms with van der Waals surface area (Å²) in [5.41, 5.74) is 4.00. The molecule has 2 aliphatic heterocycles. The van der Waals surface area contributed by atoms with Gasteiger partial charge in [0.2, 0.25) is 11.8 Å². The minimum Gasteiger partial charge on any atom is -0.491 e. The number of ether oxygens (including phenoxy) is 1. The van der Waals surface area contributed by atoms with Crippen LogP contribution in [0.1, 0.15) is 26.0 Å². The SMILES string of the molecule is CC(C)(C(N)=O)[C@H](COc1ccccc1Cl)C(=O)N1CCC2=NN(CC(F)F)C(=O)[C@]2(Cc2ccccn2)C1. The number of hydrogen-bond acceptors (Lipinski definition) is 6. The Hall–Kier alpha value is -3.60. The van der Waals surface area contributed by atoms with E-state index in [1.807, 2.05) is 0 Å². The number of nitrogens with zero attached hydrogens (tertiary/aromatic N) is 4. The second-order valence-electron chi connectivity index (χ2n) is 10.3. The summed E-state index contributed by atoms with van der Waals surface area (Å²) in [6, 6.07) is 11.9. The Balaban J connectivity index is 1.65. The minimum absolute atomic E-state index is 0.0784. The number of primary amides is 1. The van der Waals surface area contributed by atoms with Crippen LogP contribution in [0.4, 0.5) is 8.78 Å². The molecule has 2 atom stereocenters. The van der Waals surface area contributed by atoms with Crippen molar-refractivity contribution in [1.29, 1.82) is 0 Å². The molecule has 0 saturated carbocycles. The fraction of sp³-hybridized carbons (Fsp3) is 0.444. The van der Waals surface area contributed by atoms with Crippen LogP contribution in [0.5, 0.6) is 5.75 Å². The van der Waals surface area contributed by atoms with Gasteiger partial charge in [0, 0.05) is 37.8 Å². The largest absolute Gasteiger partial charge is 0.491 e. The average molecular weight is 562 g/mol. The predicted molar refractivity (Wildman–Crippen MR) is 140 cm³/mol. The molecule has 1 saturated heterocycles. The molecule has 9 nitrogen and oxygen atoms in total. The van der Waals surface area contributed by atoms with E-state index in [1.165, 1.54) is 4.90 Å². The maximum Gasteiger partial charge on any atom is 0.258 e. The summed E-state index contributed by atoms with van der Waals surface area (Å²) in [5.74, 6) is -2.45. The maximum absolute atomic E-state index is 14.0. The third kappa shape index (κ3) is 5.73. The highest BCUT2D eigenvalue weighted by Gasteiger charge is 2.56. The molecule has 1 fully saturated rings. The number of halogens is 3. The van der Waals surface area contributed by atoms with Crippen molar-refractivity contribution in [3.8, 4) is 5.75 Å². The molecule has 208 valence electrons. The number of benzene rings is 1. The summed E-state index contributed by atoms with van der Waals surface area (Å²) in [4.78, 5) is 45.8. The first-order valence-corrected chi connectivity index (χ1v) is 12.9. The normalized spacial score (nSPS) is 20.1. The van der Waals surface area contributed by atoms with E-state index in [-0.39, 0.29) is 32.5 Å². The van der Waals surface area contributed by atoms with Crippen LogP contribution in [0.15, 0.2) is 53.8 Å². The second kappa shape index (κ2) is 11.3. The zero-order chi connectivity index (χ0) is 28.4. The summed E-state index contributed by atoms with van der Waals surface area (Å²) >= 11 is 6.21. The molecule has 0 spiro atoms. The Morgan fingerprint density at radius 2 is 1.92 bits per heavy atom. The van der Waals surface area contributed by atoms with Gasteiger partial charge >= 0.3 is 0 Å². The first kappa shape index (κ1) is 28.4. The molecule has 3 amide bonds. The van der Waals surface area contributed by atoms with Crippen molar-refractivity contribution in [3.05, 3.63) is 59.4 Å². The molecule has 1 aromatic carbocycles. The van der Waals surface area contributed by atoms with Crippen molar-refractivity contribution in [3.63, 3.8) is 0 Å². The van der Waals surface area contributed by atoms with E-state index in [1.54, 1.807) is 62.5 Å². The molecule has 2 aliphatic rings. The van der Waals surface area contributed by atoms with Gasteiger partial charge in [0.25, 0.3) is 12.3 Å². The maximum atomic E-state index is 14.0. The summed E-state index contributed by atoms with van der Waals surface area (Å²) in [7, 11) is 0. The molecule has 2 N–H and O–H groups in total. The average Bonchev–Trinajstić information content (AvgIpc) is 3.15. The number of carbonyl (C=O) groups excluding carboxylic acids is 3. The number of likely N-dealkylation sites (tertiary alicyclic amines) is 1. The van der Waals surface area contributed by atoms with Crippen LogP contribution >= 0.6 is 11.6 Å². The fourth-order valence-corrected chi connectivity index (χ4v) is 5.14. The van der Waals surface area contributed by atoms with E-state index in [0.717, 1.165) is 5.01 Å². The lowest BCUT2D eigenvalue weighted by atomic mass is 9.72. The number of pyridine rings is 1. The van der Waals surface area contributed by atoms with E-state index in [2.05, 4.69) is 10.1 Å². The van der Waals surface area contributed by atoms with Crippen molar-refractivity contribution >= 4 is 35.0 Å². The molecule has 1 aromatic heterocycles. The van der Waals surface area contributed by atoms with E-state index < -0.39 is 47.4 Å². The summed E-state index contributed by atoms with van der Waals surface area (Å²) in [6.45, 7) is 2.13. The van der Waals surface area contributed by atoms with E-state index in [4.69, 9.17) is 22.1 Å². The summed E-state index contributed by atoms with van der Waals surface area (Å²) in [6.07, 6.45) is -0.929. The molecule has 2 aromatic rings. The van der Waals surface area contributed by atoms with Crippen molar-refractivity contribution in [2.24, 2.45) is 27.6 Å². The van der Waals surface area contributed by atoms with E-state index in [9.17, 15) is 23.2 Å². The van der Waals surface area contributed by atoms with Gasteiger partial charge < -0.3 is 15.4 Å². The third-order valence-corrected chi connectivity index (χ3v) is 7.71. The number of rotatable bonds is 10. The number of amides is 3. The number of alkyl halides is 2. The standard InChI is InChI=1S/C27H30ClF2N5O4/c1-26(2,24(31)37)18(15-39-20-9-4-3-8-19(20)28)23(36)34-12-10-21-27(16-34,13-17-7-5-6-11-32-17)25(38)35(33-21)14-22(29)30/h3-9,11,18,22H,10,12-16H2,1-2H3,(H2,31,37)/t18-,27-/m1/s1. The molecular weight excluding hydrogens is 532 g/mol. The Morgan fingerprint density at radius 1 is 1.21 bits per heavy atom. The zero-order valence-corrected chi connectivity index (χ0v) is 22.4. The summed E-state index contributed by atoms with van der Waals surface area (Å²) < 4.78 is 32.4. The molecule has 0 aliphatic carbocycles. The van der Waals surface area contributed by atoms with E-state index in [0.29, 0.717) is 22.2 Å². The molecule has 0 unspecified atom stereocenters. The third-order valence-electron chi connectivity index (χ3n) is 7.40. The zero-order valence-electron chi connectivity index (χ0n) is 21.6. The van der Waals surface area contributed by atoms with Gasteiger partial charge in [0.1, 0.15) is 24.3 Å². The van der Waals surface area contributed by atoms with Crippen LogP contribution in [0, 0.1) is 16.7 Å². The smallest absolute Gasteiger partial charge is 0.258 e. The van der Waals surface area contributed by atoms with Crippen LogP contribution in [0.2, 0.25) is 5.02 Å². The monoisotopic (exact) mass is 561 g/mol. The Labute approximate surface area is 229 Å². The van der Waals surface area contributed by atoms with Gasteiger partial charge in [0.05, 0.1) is 22.1 Å². The first-order valence-electron chi connectivity index (χ1n) is 12.5. The predicted octanol–water partition coefficient (Wildman–Crippen LogP) is 3.17. The number of hydrazone groups is 1. The first-order chi connectivity index (χ1) is 18.5. The number of hydrogen-bond donors (Lipinski definition) is 1. The van der Waals surface area contributed by atoms with Crippen molar-refractivity contribution in [2.45, 2.75) is 33.1 Å². The Kier molecular flexibility index (Phi) is 8.20. The van der Waals surface area contributed by atoms with Gasteiger partial charge in [-0.05, 0) is 24.3 Å². The van der Waals surface area contributed by atoms with Crippen LogP contribution in [0.3, 0.4) is 0 Å². The molecule has 4 rings (SSSR count). The topological polar surface area (TPSA) is 118 Å². The number of fused-ring (bicyclic) bond motifs is 1. The lowest BCUT2D eigenvalue weighted by Crippen LogP contribution is -2.59. The summed E-state index contributed by atoms with van der Waals surface area (Å²) in [5, 5.41) is 5.37. The van der Waals surface area contributed by atoms with Gasteiger partial charge in [-0.1, -0.05) is 43.6 Å². The van der Waals surface area contributed by atoms with Crippen LogP contribution in [0.25, 0.3) is 0 Å². The fourth-order valence-electron chi connectivity index (χ4n) is 4.95. The Bertz CT molecular complexity index is 1280. The molecule has 0 bridgehead atoms. The minimum atomic E-state index is -2.77. The highest BCUT2D eigenvalue weighted by molar-refractivity contribution is 6.32. The van der Waals surface area contributed by atoms with Gasteiger partial charge in [-0.3, -0.25) is 19.4 Å². The number of carbonyl (C=O) groups is 3. The molecule has 3 heterocycles. The molecular formula is C27H30ClF2N5O4. The molecule has 39 heavy (non-hydrogen) atoms. The lowest BCUT2D eigenvalue weighted by molar-refractivity contribution is -0.150. The number of nitrogens with two attached hydrogens (primary N) is 1. The molecule has 0 radical (unpaired) electrons. The van der Waals surface area contributed by atoms with Crippen molar-refractivity contribution < 1.29 is 27.9 Å². The van der Waals surface area contributed by atoms with Crippen molar-refractivity contribution in [2.75, 3.05) is 26.2 Å². The second-order valence-corrected chi connectivity index (χ2v) is 10.7. The van der Waals surface area contributed by atoms with Crippen molar-refractivity contribution in [1.82, 2.24) is 14.9 Å². The van der Waals surface area contributed by atoms with Gasteiger partial charge in [-0.15, -0.1) is 0 Å². The quantitative estimate of drug-likeness (QED) is 0.478. The highest BCUT2D eigenvalue weighted by atomic mass is 35.5. The van der Waals surface area contributed by atoms with E-state index >= 15 is 0 Å². The van der Waals surface area contributed by atoms with Gasteiger partial charge in [-0.2, -0.15) is 5.10 Å². The molecule has 12 heteroatoms. The van der Waals surface area contributed by atoms with Crippen LogP contribution in [-0.2, 0) is 20.8 Å². The van der Waals surface area contributed by atoms with Gasteiger partial charge in [0.15, 0.2) is 0 Å². The number of aromatic nitrogens is 1. The van der Waals surface area contributed by atoms with Crippen LogP contribution in [-0.4, -0.2) is 71.0 Å². The number of piperidine rings is 1. The van der Waals surface area contributed by atoms with Gasteiger partial charge in [-0.25, -0.2) is 13.8 Å². The number of para-hydroxylation sites is 1. The Morgan fingerprint density at radius 3 is 2.56 bits per heavy atom. The van der Waals surface area contributed by atoms with Crippen LogP contribution < -0.4 is 10.5 Å². The highest BCUT2D eigenvalue weighted by Crippen LogP contribution is 2.40.